The first-order valence-corrected chi connectivity index (χ1v) is 7.49. The van der Waals surface area contributed by atoms with Crippen LogP contribution in [-0.2, 0) is 9.47 Å². The molecule has 2 aliphatic heterocycles. The third-order valence-corrected chi connectivity index (χ3v) is 4.17. The van der Waals surface area contributed by atoms with E-state index in [1.54, 1.807) is 6.20 Å². The number of anilines is 1. The molecule has 1 aromatic rings. The van der Waals surface area contributed by atoms with E-state index in [1.165, 1.54) is 0 Å². The molecule has 2 atom stereocenters. The van der Waals surface area contributed by atoms with Gasteiger partial charge in [0, 0.05) is 31.6 Å². The molecule has 21 heavy (non-hydrogen) atoms. The molecule has 0 unspecified atom stereocenters. The van der Waals surface area contributed by atoms with Crippen LogP contribution >= 0.6 is 0 Å². The molecule has 2 fully saturated rings. The van der Waals surface area contributed by atoms with E-state index in [0.29, 0.717) is 12.2 Å². The average molecular weight is 287 g/mol. The van der Waals surface area contributed by atoms with Crippen LogP contribution in [0.4, 0.5) is 5.69 Å². The summed E-state index contributed by atoms with van der Waals surface area (Å²) in [5.41, 5.74) is 2.28. The maximum Gasteiger partial charge on any atom is 0.109 e. The minimum atomic E-state index is -0.236. The predicted molar refractivity (Wildman–Crippen MR) is 79.2 cm³/mol. The first kappa shape index (κ1) is 14.3. The van der Waals surface area contributed by atoms with E-state index in [9.17, 15) is 5.26 Å². The van der Waals surface area contributed by atoms with E-state index >= 15 is 0 Å². The van der Waals surface area contributed by atoms with Crippen LogP contribution in [0.5, 0.6) is 0 Å². The highest BCUT2D eigenvalue weighted by Gasteiger charge is 2.41. The zero-order valence-electron chi connectivity index (χ0n) is 12.6. The minimum absolute atomic E-state index is 0.125. The van der Waals surface area contributed by atoms with E-state index in [1.807, 2.05) is 13.0 Å². The lowest BCUT2D eigenvalue weighted by molar-refractivity contribution is -0.160. The lowest BCUT2D eigenvalue weighted by atomic mass is 9.93. The second-order valence-electron chi connectivity index (χ2n) is 6.10. The van der Waals surface area contributed by atoms with Crippen molar-refractivity contribution in [2.45, 2.75) is 38.4 Å². The van der Waals surface area contributed by atoms with Crippen molar-refractivity contribution < 1.29 is 9.47 Å². The monoisotopic (exact) mass is 287 g/mol. The SMILES string of the molecule is Cc1cc(N2C[C@@H](C)O[C@@]3(CCCOC3)C2)c(C#N)cn1. The van der Waals surface area contributed by atoms with Gasteiger partial charge in [-0.1, -0.05) is 0 Å². The first-order valence-electron chi connectivity index (χ1n) is 7.49. The summed E-state index contributed by atoms with van der Waals surface area (Å²) in [6.45, 7) is 7.06. The summed E-state index contributed by atoms with van der Waals surface area (Å²) in [7, 11) is 0. The van der Waals surface area contributed by atoms with Gasteiger partial charge in [0.25, 0.3) is 0 Å². The van der Waals surface area contributed by atoms with Crippen molar-refractivity contribution in [2.75, 3.05) is 31.2 Å². The first-order chi connectivity index (χ1) is 10.1. The molecule has 1 aromatic heterocycles. The highest BCUT2D eigenvalue weighted by Crippen LogP contribution is 2.33. The van der Waals surface area contributed by atoms with Gasteiger partial charge in [0.2, 0.25) is 0 Å². The van der Waals surface area contributed by atoms with Gasteiger partial charge in [-0.05, 0) is 32.8 Å². The molecule has 0 aromatic carbocycles. The number of aromatic nitrogens is 1. The van der Waals surface area contributed by atoms with Gasteiger partial charge >= 0.3 is 0 Å². The maximum absolute atomic E-state index is 9.34. The standard InChI is InChI=1S/C16H21N3O2/c1-12-6-15(14(7-17)8-18-12)19-9-13(2)21-16(10-19)4-3-5-20-11-16/h6,8,13H,3-5,9-11H2,1-2H3/t13-,16+/m1/s1. The topological polar surface area (TPSA) is 58.4 Å². The molecule has 5 heteroatoms. The Kier molecular flexibility index (Phi) is 3.83. The van der Waals surface area contributed by atoms with Gasteiger partial charge in [0.15, 0.2) is 0 Å². The molecular formula is C16H21N3O2. The number of hydrogen-bond donors (Lipinski definition) is 0. The van der Waals surface area contributed by atoms with E-state index in [2.05, 4.69) is 22.9 Å². The summed E-state index contributed by atoms with van der Waals surface area (Å²) in [6.07, 6.45) is 3.83. The molecule has 2 saturated heterocycles. The van der Waals surface area contributed by atoms with Gasteiger partial charge in [-0.25, -0.2) is 0 Å². The largest absolute Gasteiger partial charge is 0.378 e. The van der Waals surface area contributed by atoms with E-state index in [-0.39, 0.29) is 11.7 Å². The number of hydrogen-bond acceptors (Lipinski definition) is 5. The Bertz CT molecular complexity index is 561. The fourth-order valence-electron chi connectivity index (χ4n) is 3.35. The molecule has 3 heterocycles. The number of aryl methyl sites for hydroxylation is 1. The Morgan fingerprint density at radius 2 is 2.38 bits per heavy atom. The molecule has 0 radical (unpaired) electrons. The molecule has 5 nitrogen and oxygen atoms in total. The molecular weight excluding hydrogens is 266 g/mol. The Balaban J connectivity index is 1.91. The van der Waals surface area contributed by atoms with Crippen LogP contribution in [0, 0.1) is 18.3 Å². The summed E-state index contributed by atoms with van der Waals surface area (Å²) in [5, 5.41) is 9.34. The van der Waals surface area contributed by atoms with Crippen LogP contribution in [-0.4, -0.2) is 43.0 Å². The van der Waals surface area contributed by atoms with Crippen LogP contribution in [0.3, 0.4) is 0 Å². The number of pyridine rings is 1. The van der Waals surface area contributed by atoms with Gasteiger partial charge in [0.05, 0.1) is 24.0 Å². The highest BCUT2D eigenvalue weighted by molar-refractivity contribution is 5.59. The van der Waals surface area contributed by atoms with Crippen LogP contribution < -0.4 is 4.90 Å². The molecule has 0 saturated carbocycles. The quantitative estimate of drug-likeness (QED) is 0.791. The van der Waals surface area contributed by atoms with Crippen LogP contribution in [0.2, 0.25) is 0 Å². The third-order valence-electron chi connectivity index (χ3n) is 4.17. The Morgan fingerprint density at radius 3 is 3.10 bits per heavy atom. The van der Waals surface area contributed by atoms with Gasteiger partial charge in [-0.3, -0.25) is 4.98 Å². The van der Waals surface area contributed by atoms with Gasteiger partial charge < -0.3 is 14.4 Å². The molecule has 112 valence electrons. The minimum Gasteiger partial charge on any atom is -0.378 e. The van der Waals surface area contributed by atoms with Crippen molar-refractivity contribution in [1.29, 1.82) is 5.26 Å². The smallest absolute Gasteiger partial charge is 0.109 e. The fraction of sp³-hybridized carbons (Fsp3) is 0.625. The summed E-state index contributed by atoms with van der Waals surface area (Å²) in [6, 6.07) is 4.24. The lowest BCUT2D eigenvalue weighted by Crippen LogP contribution is -2.58. The Morgan fingerprint density at radius 1 is 1.52 bits per heavy atom. The fourth-order valence-corrected chi connectivity index (χ4v) is 3.35. The molecule has 2 aliphatic rings. The highest BCUT2D eigenvalue weighted by atomic mass is 16.6. The average Bonchev–Trinajstić information content (AvgIpc) is 2.47. The van der Waals surface area contributed by atoms with Crippen molar-refractivity contribution in [1.82, 2.24) is 4.98 Å². The number of rotatable bonds is 1. The summed E-state index contributed by atoms with van der Waals surface area (Å²) >= 11 is 0. The summed E-state index contributed by atoms with van der Waals surface area (Å²) in [5.74, 6) is 0. The maximum atomic E-state index is 9.34. The van der Waals surface area contributed by atoms with Crippen molar-refractivity contribution in [3.8, 4) is 6.07 Å². The molecule has 0 aliphatic carbocycles. The van der Waals surface area contributed by atoms with Crippen molar-refractivity contribution in [3.05, 3.63) is 23.5 Å². The predicted octanol–water partition coefficient (Wildman–Crippen LogP) is 2.04. The second-order valence-corrected chi connectivity index (χ2v) is 6.10. The van der Waals surface area contributed by atoms with Crippen LogP contribution in [0.15, 0.2) is 12.3 Å². The number of nitriles is 1. The van der Waals surface area contributed by atoms with E-state index < -0.39 is 0 Å². The Labute approximate surface area is 125 Å². The van der Waals surface area contributed by atoms with E-state index in [4.69, 9.17) is 9.47 Å². The molecule has 3 rings (SSSR count). The number of nitrogens with zero attached hydrogens (tertiary/aromatic N) is 3. The summed E-state index contributed by atoms with van der Waals surface area (Å²) < 4.78 is 11.9. The van der Waals surface area contributed by atoms with Crippen molar-refractivity contribution in [2.24, 2.45) is 0 Å². The lowest BCUT2D eigenvalue weighted by Gasteiger charge is -2.48. The molecule has 1 spiro atoms. The number of morpholine rings is 1. The second kappa shape index (κ2) is 5.63. The Hall–Kier alpha value is -1.64. The van der Waals surface area contributed by atoms with Crippen LogP contribution in [0.1, 0.15) is 31.0 Å². The third kappa shape index (κ3) is 2.87. The molecule has 0 N–H and O–H groups in total. The van der Waals surface area contributed by atoms with Crippen molar-refractivity contribution in [3.63, 3.8) is 0 Å². The summed E-state index contributed by atoms with van der Waals surface area (Å²) in [4.78, 5) is 6.48. The van der Waals surface area contributed by atoms with Crippen LogP contribution in [0.25, 0.3) is 0 Å². The van der Waals surface area contributed by atoms with E-state index in [0.717, 1.165) is 43.9 Å². The number of ether oxygens (including phenoxy) is 2. The zero-order chi connectivity index (χ0) is 14.9. The van der Waals surface area contributed by atoms with Gasteiger partial charge in [-0.15, -0.1) is 0 Å². The zero-order valence-corrected chi connectivity index (χ0v) is 12.6. The normalized spacial score (nSPS) is 29.4. The van der Waals surface area contributed by atoms with Gasteiger partial charge in [0.1, 0.15) is 11.7 Å². The molecule has 0 bridgehead atoms. The molecule has 0 amide bonds. The van der Waals surface area contributed by atoms with Crippen molar-refractivity contribution >= 4 is 5.69 Å². The van der Waals surface area contributed by atoms with Gasteiger partial charge in [-0.2, -0.15) is 5.26 Å².